The Hall–Kier alpha value is -3.06. The van der Waals surface area contributed by atoms with E-state index in [1.165, 1.54) is 23.8 Å². The van der Waals surface area contributed by atoms with Crippen LogP contribution in [0.5, 0.6) is 5.75 Å². The predicted octanol–water partition coefficient (Wildman–Crippen LogP) is 3.50. The van der Waals surface area contributed by atoms with E-state index in [0.29, 0.717) is 10.9 Å². The Labute approximate surface area is 149 Å². The lowest BCUT2D eigenvalue weighted by atomic mass is 10.2. The number of benzene rings is 2. The minimum atomic E-state index is -0.342. The first-order valence-electron chi connectivity index (χ1n) is 7.63. The molecular weight excluding hydrogens is 336 g/mol. The highest BCUT2D eigenvalue weighted by Gasteiger charge is 2.04. The largest absolute Gasteiger partial charge is 0.427 e. The van der Waals surface area contributed by atoms with Crippen molar-refractivity contribution in [3.8, 4) is 5.75 Å². The third-order valence-corrected chi connectivity index (χ3v) is 4.01. The van der Waals surface area contributed by atoms with Crippen molar-refractivity contribution in [2.45, 2.75) is 13.3 Å². The molecule has 0 amide bonds. The molecular formula is C18H16N4O2S. The maximum Gasteiger partial charge on any atom is 0.308 e. The summed E-state index contributed by atoms with van der Waals surface area (Å²) in [6.07, 6.45) is 2.41. The van der Waals surface area contributed by atoms with Gasteiger partial charge < -0.3 is 4.74 Å². The minimum Gasteiger partial charge on any atom is -0.427 e. The number of hydrogen-bond donors (Lipinski definition) is 1. The summed E-state index contributed by atoms with van der Waals surface area (Å²) in [5, 5.41) is 13.9. The first-order valence-corrected chi connectivity index (χ1v) is 8.44. The molecule has 0 atom stereocenters. The molecule has 1 N–H and O–H groups in total. The van der Waals surface area contributed by atoms with E-state index in [9.17, 15) is 4.79 Å². The summed E-state index contributed by atoms with van der Waals surface area (Å²) in [6, 6.07) is 17.2. The molecule has 0 radical (unpaired) electrons. The van der Waals surface area contributed by atoms with Crippen molar-refractivity contribution in [3.63, 3.8) is 0 Å². The van der Waals surface area contributed by atoms with E-state index in [1.54, 1.807) is 18.3 Å². The van der Waals surface area contributed by atoms with E-state index in [2.05, 4.69) is 32.9 Å². The molecule has 0 unspecified atom stereocenters. The van der Waals surface area contributed by atoms with Crippen molar-refractivity contribution < 1.29 is 9.53 Å². The summed E-state index contributed by atoms with van der Waals surface area (Å²) in [4.78, 5) is 10.9. The number of hydrogen-bond acceptors (Lipinski definition) is 7. The second-order valence-electron chi connectivity index (χ2n) is 5.20. The van der Waals surface area contributed by atoms with Crippen molar-refractivity contribution in [3.05, 3.63) is 70.7 Å². The van der Waals surface area contributed by atoms with Gasteiger partial charge in [-0.05, 0) is 35.4 Å². The van der Waals surface area contributed by atoms with Crippen LogP contribution in [-0.4, -0.2) is 22.4 Å². The Morgan fingerprint density at radius 1 is 1.16 bits per heavy atom. The second kappa shape index (κ2) is 8.16. The minimum absolute atomic E-state index is 0.342. The van der Waals surface area contributed by atoms with E-state index < -0.39 is 0 Å². The molecule has 3 rings (SSSR count). The van der Waals surface area contributed by atoms with Gasteiger partial charge in [-0.15, -0.1) is 10.2 Å². The van der Waals surface area contributed by atoms with Crippen molar-refractivity contribution in [1.29, 1.82) is 0 Å². The zero-order valence-corrected chi connectivity index (χ0v) is 14.4. The Morgan fingerprint density at radius 2 is 1.92 bits per heavy atom. The Kier molecular flexibility index (Phi) is 5.48. The van der Waals surface area contributed by atoms with Gasteiger partial charge in [0.2, 0.25) is 5.13 Å². The first-order chi connectivity index (χ1) is 12.2. The quantitative estimate of drug-likeness (QED) is 0.318. The van der Waals surface area contributed by atoms with Gasteiger partial charge in [0.1, 0.15) is 10.8 Å². The maximum atomic E-state index is 10.9. The first kappa shape index (κ1) is 16.8. The molecule has 1 aromatic heterocycles. The zero-order chi connectivity index (χ0) is 17.5. The van der Waals surface area contributed by atoms with Gasteiger partial charge in [-0.25, -0.2) is 0 Å². The summed E-state index contributed by atoms with van der Waals surface area (Å²) in [6.45, 7) is 1.37. The highest BCUT2D eigenvalue weighted by Crippen LogP contribution is 2.18. The van der Waals surface area contributed by atoms with Crippen LogP contribution in [0.3, 0.4) is 0 Å². The molecule has 25 heavy (non-hydrogen) atoms. The molecule has 126 valence electrons. The van der Waals surface area contributed by atoms with Gasteiger partial charge in [0.15, 0.2) is 0 Å². The Bertz CT molecular complexity index is 860. The Morgan fingerprint density at radius 3 is 2.64 bits per heavy atom. The van der Waals surface area contributed by atoms with Crippen LogP contribution in [0.4, 0.5) is 5.13 Å². The monoisotopic (exact) mass is 352 g/mol. The molecule has 0 bridgehead atoms. The molecule has 0 fully saturated rings. The summed E-state index contributed by atoms with van der Waals surface area (Å²) in [5.41, 5.74) is 4.94. The average molecular weight is 352 g/mol. The van der Waals surface area contributed by atoms with Gasteiger partial charge in [0.05, 0.1) is 6.21 Å². The van der Waals surface area contributed by atoms with E-state index in [4.69, 9.17) is 4.74 Å². The predicted molar refractivity (Wildman–Crippen MR) is 98.1 cm³/mol. The number of nitrogens with one attached hydrogen (secondary N) is 1. The van der Waals surface area contributed by atoms with Crippen LogP contribution in [0.15, 0.2) is 59.7 Å². The molecule has 6 nitrogen and oxygen atoms in total. The van der Waals surface area contributed by atoms with Crippen LogP contribution in [0, 0.1) is 0 Å². The van der Waals surface area contributed by atoms with E-state index in [-0.39, 0.29) is 5.97 Å². The molecule has 0 saturated heterocycles. The van der Waals surface area contributed by atoms with Crippen LogP contribution < -0.4 is 10.2 Å². The molecule has 2 aromatic carbocycles. The number of hydrazone groups is 1. The van der Waals surface area contributed by atoms with Gasteiger partial charge in [-0.3, -0.25) is 10.2 Å². The van der Waals surface area contributed by atoms with Gasteiger partial charge >= 0.3 is 5.97 Å². The van der Waals surface area contributed by atoms with Crippen LogP contribution in [0.2, 0.25) is 0 Å². The molecule has 0 aliphatic carbocycles. The lowest BCUT2D eigenvalue weighted by molar-refractivity contribution is -0.131. The number of carbonyl (C=O) groups excluding carboxylic acids is 1. The molecule has 0 aliphatic rings. The van der Waals surface area contributed by atoms with Gasteiger partial charge in [0.25, 0.3) is 0 Å². The van der Waals surface area contributed by atoms with Crippen LogP contribution in [0.1, 0.15) is 23.1 Å². The third kappa shape index (κ3) is 5.22. The van der Waals surface area contributed by atoms with Crippen molar-refractivity contribution in [2.24, 2.45) is 5.10 Å². The molecule has 7 heteroatoms. The lowest BCUT2D eigenvalue weighted by Gasteiger charge is -2.00. The highest BCUT2D eigenvalue weighted by molar-refractivity contribution is 7.15. The Balaban J connectivity index is 1.54. The van der Waals surface area contributed by atoms with E-state index >= 15 is 0 Å². The number of aromatic nitrogens is 2. The normalized spacial score (nSPS) is 10.8. The van der Waals surface area contributed by atoms with E-state index in [0.717, 1.165) is 17.0 Å². The van der Waals surface area contributed by atoms with Gasteiger partial charge in [-0.1, -0.05) is 41.7 Å². The van der Waals surface area contributed by atoms with Crippen molar-refractivity contribution in [2.75, 3.05) is 5.43 Å². The molecule has 0 aliphatic heterocycles. The molecule has 1 heterocycles. The van der Waals surface area contributed by atoms with Crippen LogP contribution >= 0.6 is 11.3 Å². The van der Waals surface area contributed by atoms with Gasteiger partial charge in [0, 0.05) is 13.3 Å². The fourth-order valence-corrected chi connectivity index (χ4v) is 2.81. The third-order valence-electron chi connectivity index (χ3n) is 3.18. The summed E-state index contributed by atoms with van der Waals surface area (Å²) in [7, 11) is 0. The standard InChI is InChI=1S/C18H16N4O2S/c1-13(23)24-16-9-7-15(8-10-16)12-19-21-18-22-20-17(25-18)11-14-5-3-2-4-6-14/h2-10,12H,11H2,1H3,(H,21,22)/b19-12+. The zero-order valence-electron chi connectivity index (χ0n) is 13.5. The number of esters is 1. The summed E-state index contributed by atoms with van der Waals surface area (Å²) in [5.74, 6) is 0.165. The number of carbonyl (C=O) groups is 1. The topological polar surface area (TPSA) is 76.5 Å². The highest BCUT2D eigenvalue weighted by atomic mass is 32.1. The fourth-order valence-electron chi connectivity index (χ4n) is 2.09. The van der Waals surface area contributed by atoms with Crippen molar-refractivity contribution >= 4 is 28.7 Å². The molecule has 3 aromatic rings. The number of nitrogens with zero attached hydrogens (tertiary/aromatic N) is 3. The van der Waals surface area contributed by atoms with Crippen LogP contribution in [-0.2, 0) is 11.2 Å². The van der Waals surface area contributed by atoms with E-state index in [1.807, 2.05) is 30.3 Å². The SMILES string of the molecule is CC(=O)Oc1ccc(/C=N/Nc2nnc(Cc3ccccc3)s2)cc1. The number of anilines is 1. The second-order valence-corrected chi connectivity index (χ2v) is 6.26. The smallest absolute Gasteiger partial charge is 0.308 e. The van der Waals surface area contributed by atoms with Gasteiger partial charge in [-0.2, -0.15) is 5.10 Å². The average Bonchev–Trinajstić information content (AvgIpc) is 3.04. The molecule has 0 spiro atoms. The van der Waals surface area contributed by atoms with Crippen molar-refractivity contribution in [1.82, 2.24) is 10.2 Å². The number of ether oxygens (including phenoxy) is 1. The maximum absolute atomic E-state index is 10.9. The summed E-state index contributed by atoms with van der Waals surface area (Å²) < 4.78 is 4.98. The fraction of sp³-hybridized carbons (Fsp3) is 0.111. The number of rotatable bonds is 6. The van der Waals surface area contributed by atoms with Crippen LogP contribution in [0.25, 0.3) is 0 Å². The lowest BCUT2D eigenvalue weighted by Crippen LogP contribution is -2.01. The summed E-state index contributed by atoms with van der Waals surface area (Å²) >= 11 is 1.47. The molecule has 0 saturated carbocycles.